The molecule has 1 unspecified atom stereocenters. The quantitative estimate of drug-likeness (QED) is 0.886. The van der Waals surface area contributed by atoms with E-state index in [1.54, 1.807) is 0 Å². The molecule has 0 saturated carbocycles. The fourth-order valence-electron chi connectivity index (χ4n) is 2.69. The van der Waals surface area contributed by atoms with Crippen LogP contribution >= 0.6 is 11.6 Å². The molecule has 2 rings (SSSR count). The van der Waals surface area contributed by atoms with Crippen LogP contribution in [0.3, 0.4) is 0 Å². The van der Waals surface area contributed by atoms with Gasteiger partial charge < -0.3 is 5.73 Å². The Bertz CT molecular complexity index is 588. The lowest BCUT2D eigenvalue weighted by molar-refractivity contribution is 0.442. The van der Waals surface area contributed by atoms with Crippen molar-refractivity contribution in [3.63, 3.8) is 0 Å². The first-order chi connectivity index (χ1) is 9.96. The van der Waals surface area contributed by atoms with E-state index in [4.69, 9.17) is 17.3 Å². The van der Waals surface area contributed by atoms with Crippen molar-refractivity contribution in [3.8, 4) is 0 Å². The lowest BCUT2D eigenvalue weighted by Gasteiger charge is -2.25. The molecule has 0 fully saturated rings. The van der Waals surface area contributed by atoms with Gasteiger partial charge in [-0.15, -0.1) is 0 Å². The number of hydrogen-bond donors (Lipinski definition) is 1. The van der Waals surface area contributed by atoms with Gasteiger partial charge in [-0.2, -0.15) is 5.10 Å². The minimum Gasteiger partial charge on any atom is -0.325 e. The maximum atomic E-state index is 6.52. The monoisotopic (exact) mass is 305 g/mol. The summed E-state index contributed by atoms with van der Waals surface area (Å²) in [7, 11) is 0. The van der Waals surface area contributed by atoms with E-state index >= 15 is 0 Å². The fraction of sp³-hybridized carbons (Fsp3) is 0.471. The lowest BCUT2D eigenvalue weighted by Crippen LogP contribution is -2.41. The van der Waals surface area contributed by atoms with Gasteiger partial charge in [0.1, 0.15) is 0 Å². The Morgan fingerprint density at radius 2 is 1.86 bits per heavy atom. The van der Waals surface area contributed by atoms with Gasteiger partial charge in [-0.3, -0.25) is 4.68 Å². The highest BCUT2D eigenvalue weighted by molar-refractivity contribution is 6.31. The minimum atomic E-state index is -0.344. The van der Waals surface area contributed by atoms with Gasteiger partial charge in [0.05, 0.1) is 16.4 Å². The third kappa shape index (κ3) is 3.86. The van der Waals surface area contributed by atoms with Crippen molar-refractivity contribution in [2.45, 2.75) is 52.1 Å². The zero-order chi connectivity index (χ0) is 15.5. The second-order valence-electron chi connectivity index (χ2n) is 5.87. The molecule has 0 amide bonds. The Labute approximate surface area is 132 Å². The molecule has 3 nitrogen and oxygen atoms in total. The number of benzene rings is 1. The number of nitrogens with zero attached hydrogens (tertiary/aromatic N) is 2. The Morgan fingerprint density at radius 3 is 2.43 bits per heavy atom. The third-order valence-corrected chi connectivity index (χ3v) is 4.15. The third-order valence-electron chi connectivity index (χ3n) is 3.72. The van der Waals surface area contributed by atoms with E-state index in [0.717, 1.165) is 42.2 Å². The number of rotatable bonds is 6. The average molecular weight is 306 g/mol. The van der Waals surface area contributed by atoms with Crippen molar-refractivity contribution in [1.29, 1.82) is 0 Å². The smallest absolute Gasteiger partial charge is 0.0850 e. The van der Waals surface area contributed by atoms with Crippen LogP contribution in [0.15, 0.2) is 30.3 Å². The van der Waals surface area contributed by atoms with Gasteiger partial charge in [-0.1, -0.05) is 48.9 Å². The predicted octanol–water partition coefficient (Wildman–Crippen LogP) is 3.62. The summed E-state index contributed by atoms with van der Waals surface area (Å²) in [5.74, 6) is 0. The van der Waals surface area contributed by atoms with Gasteiger partial charge in [0.2, 0.25) is 0 Å². The van der Waals surface area contributed by atoms with Crippen LogP contribution in [-0.2, 0) is 25.8 Å². The van der Waals surface area contributed by atoms with E-state index in [1.165, 1.54) is 5.56 Å². The van der Waals surface area contributed by atoms with Gasteiger partial charge in [0.25, 0.3) is 0 Å². The van der Waals surface area contributed by atoms with Crippen LogP contribution in [0.4, 0.5) is 0 Å². The SMILES string of the molecule is CCc1nn(CC)c(CC(C)(N)Cc2ccccc2)c1Cl. The van der Waals surface area contributed by atoms with Crippen molar-refractivity contribution in [3.05, 3.63) is 52.3 Å². The summed E-state index contributed by atoms with van der Waals surface area (Å²) in [5, 5.41) is 5.35. The standard InChI is InChI=1S/C17H24ClN3/c1-4-14-16(18)15(21(5-2)20-14)12-17(3,19)11-13-9-7-6-8-10-13/h6-10H,4-5,11-12,19H2,1-3H3. The second kappa shape index (κ2) is 6.63. The highest BCUT2D eigenvalue weighted by Gasteiger charge is 2.25. The summed E-state index contributed by atoms with van der Waals surface area (Å²) in [5.41, 5.74) is 9.44. The summed E-state index contributed by atoms with van der Waals surface area (Å²) in [6.07, 6.45) is 2.39. The second-order valence-corrected chi connectivity index (χ2v) is 6.25. The molecule has 1 atom stereocenters. The lowest BCUT2D eigenvalue weighted by atomic mass is 9.89. The van der Waals surface area contributed by atoms with Crippen LogP contribution in [0, 0.1) is 0 Å². The topological polar surface area (TPSA) is 43.8 Å². The average Bonchev–Trinajstić information content (AvgIpc) is 2.75. The van der Waals surface area contributed by atoms with Crippen molar-refractivity contribution in [2.75, 3.05) is 0 Å². The number of halogens is 1. The molecule has 0 saturated heterocycles. The van der Waals surface area contributed by atoms with Gasteiger partial charge in [-0.25, -0.2) is 0 Å². The summed E-state index contributed by atoms with van der Waals surface area (Å²) < 4.78 is 1.98. The van der Waals surface area contributed by atoms with Crippen molar-refractivity contribution in [2.24, 2.45) is 5.73 Å². The summed E-state index contributed by atoms with van der Waals surface area (Å²) in [6.45, 7) is 7.05. The van der Waals surface area contributed by atoms with Crippen molar-refractivity contribution < 1.29 is 0 Å². The molecule has 114 valence electrons. The fourth-order valence-corrected chi connectivity index (χ4v) is 3.03. The summed E-state index contributed by atoms with van der Waals surface area (Å²) in [4.78, 5) is 0. The Kier molecular flexibility index (Phi) is 5.07. The van der Waals surface area contributed by atoms with Crippen molar-refractivity contribution in [1.82, 2.24) is 9.78 Å². The minimum absolute atomic E-state index is 0.344. The Morgan fingerprint density at radius 1 is 1.19 bits per heavy atom. The number of hydrogen-bond acceptors (Lipinski definition) is 2. The maximum Gasteiger partial charge on any atom is 0.0850 e. The molecule has 1 heterocycles. The first-order valence-electron chi connectivity index (χ1n) is 7.53. The molecule has 1 aromatic carbocycles. The Balaban J connectivity index is 2.22. The summed E-state index contributed by atoms with van der Waals surface area (Å²) in [6, 6.07) is 10.3. The summed E-state index contributed by atoms with van der Waals surface area (Å²) >= 11 is 6.48. The molecule has 4 heteroatoms. The van der Waals surface area contributed by atoms with Crippen LogP contribution < -0.4 is 5.73 Å². The number of aromatic nitrogens is 2. The highest BCUT2D eigenvalue weighted by atomic mass is 35.5. The normalized spacial score (nSPS) is 14.1. The van der Waals surface area contributed by atoms with Crippen LogP contribution in [0.5, 0.6) is 0 Å². The molecule has 0 aliphatic heterocycles. The molecule has 1 aromatic heterocycles. The maximum absolute atomic E-state index is 6.52. The zero-order valence-electron chi connectivity index (χ0n) is 13.1. The Hall–Kier alpha value is -1.32. The number of nitrogens with two attached hydrogens (primary N) is 1. The predicted molar refractivity (Wildman–Crippen MR) is 88.7 cm³/mol. The van der Waals surface area contributed by atoms with E-state index in [2.05, 4.69) is 38.0 Å². The first-order valence-corrected chi connectivity index (χ1v) is 7.91. The van der Waals surface area contributed by atoms with Crippen LogP contribution in [0.25, 0.3) is 0 Å². The van der Waals surface area contributed by atoms with E-state index in [9.17, 15) is 0 Å². The molecule has 0 radical (unpaired) electrons. The molecular weight excluding hydrogens is 282 g/mol. The largest absolute Gasteiger partial charge is 0.325 e. The molecule has 0 aliphatic carbocycles. The van der Waals surface area contributed by atoms with Crippen LogP contribution in [0.1, 0.15) is 37.7 Å². The van der Waals surface area contributed by atoms with Gasteiger partial charge in [-0.05, 0) is 32.3 Å². The van der Waals surface area contributed by atoms with Crippen LogP contribution in [0.2, 0.25) is 5.02 Å². The molecule has 0 aliphatic rings. The highest BCUT2D eigenvalue weighted by Crippen LogP contribution is 2.26. The van der Waals surface area contributed by atoms with E-state index in [0.29, 0.717) is 0 Å². The number of aryl methyl sites for hydroxylation is 2. The molecule has 0 spiro atoms. The zero-order valence-corrected chi connectivity index (χ0v) is 13.8. The van der Waals surface area contributed by atoms with Gasteiger partial charge >= 0.3 is 0 Å². The van der Waals surface area contributed by atoms with E-state index in [-0.39, 0.29) is 5.54 Å². The van der Waals surface area contributed by atoms with E-state index in [1.807, 2.05) is 22.9 Å². The van der Waals surface area contributed by atoms with Crippen LogP contribution in [-0.4, -0.2) is 15.3 Å². The van der Waals surface area contributed by atoms with E-state index < -0.39 is 0 Å². The molecule has 21 heavy (non-hydrogen) atoms. The molecule has 0 bridgehead atoms. The first kappa shape index (κ1) is 16.1. The molecule has 2 N–H and O–H groups in total. The molecule has 2 aromatic rings. The van der Waals surface area contributed by atoms with Gasteiger partial charge in [0, 0.05) is 18.5 Å². The van der Waals surface area contributed by atoms with Crippen molar-refractivity contribution >= 4 is 11.6 Å². The van der Waals surface area contributed by atoms with Gasteiger partial charge in [0.15, 0.2) is 0 Å². The molecular formula is C17H24ClN3.